The molecule has 0 aliphatic carbocycles. The molecule has 1 aliphatic heterocycles. The van der Waals surface area contributed by atoms with E-state index in [1.54, 1.807) is 6.20 Å². The minimum absolute atomic E-state index is 0.0549. The zero-order valence-corrected chi connectivity index (χ0v) is 10.3. The molecule has 4 nitrogen and oxygen atoms in total. The molecule has 1 saturated heterocycles. The molecule has 1 aromatic rings. The summed E-state index contributed by atoms with van der Waals surface area (Å²) >= 11 is 5.79. The Morgan fingerprint density at radius 2 is 2.38 bits per heavy atom. The Morgan fingerprint density at radius 1 is 1.56 bits per heavy atom. The van der Waals surface area contributed by atoms with Gasteiger partial charge in [0, 0.05) is 18.4 Å². The van der Waals surface area contributed by atoms with Crippen LogP contribution in [0.4, 0.5) is 5.82 Å². The predicted molar refractivity (Wildman–Crippen MR) is 63.9 cm³/mol. The highest BCUT2D eigenvalue weighted by molar-refractivity contribution is 6.28. The van der Waals surface area contributed by atoms with Gasteiger partial charge >= 0.3 is 0 Å². The number of anilines is 1. The Hall–Kier alpha value is -0.870. The number of halogens is 1. The van der Waals surface area contributed by atoms with Gasteiger partial charge in [0.1, 0.15) is 5.82 Å². The van der Waals surface area contributed by atoms with Crippen molar-refractivity contribution in [1.82, 2.24) is 9.97 Å². The van der Waals surface area contributed by atoms with Crippen LogP contribution in [0.5, 0.6) is 0 Å². The van der Waals surface area contributed by atoms with Crippen LogP contribution in [0.1, 0.15) is 25.3 Å². The van der Waals surface area contributed by atoms with Crippen molar-refractivity contribution in [2.24, 2.45) is 0 Å². The van der Waals surface area contributed by atoms with E-state index in [2.05, 4.69) is 22.2 Å². The SMILES string of the molecule is Cc1cnc(Cl)nc1NC1(C)CCCOC1. The van der Waals surface area contributed by atoms with E-state index in [1.165, 1.54) is 0 Å². The van der Waals surface area contributed by atoms with E-state index in [0.717, 1.165) is 30.8 Å². The molecule has 0 bridgehead atoms. The summed E-state index contributed by atoms with van der Waals surface area (Å²) in [5, 5.41) is 3.68. The summed E-state index contributed by atoms with van der Waals surface area (Å²) < 4.78 is 5.49. The third-order valence-electron chi connectivity index (χ3n) is 2.80. The van der Waals surface area contributed by atoms with Gasteiger partial charge in [0.15, 0.2) is 0 Å². The first kappa shape index (κ1) is 11.6. The van der Waals surface area contributed by atoms with Gasteiger partial charge in [0.05, 0.1) is 12.1 Å². The normalized spacial score (nSPS) is 25.4. The summed E-state index contributed by atoms with van der Waals surface area (Å²) in [5.41, 5.74) is 0.942. The van der Waals surface area contributed by atoms with E-state index in [4.69, 9.17) is 16.3 Å². The first-order valence-electron chi connectivity index (χ1n) is 5.44. The first-order chi connectivity index (χ1) is 7.59. The number of nitrogens with zero attached hydrogens (tertiary/aromatic N) is 2. The van der Waals surface area contributed by atoms with Crippen molar-refractivity contribution in [3.8, 4) is 0 Å². The Balaban J connectivity index is 2.15. The molecule has 0 radical (unpaired) electrons. The molecule has 1 fully saturated rings. The highest BCUT2D eigenvalue weighted by Gasteiger charge is 2.28. The molecule has 0 saturated carbocycles. The van der Waals surface area contributed by atoms with Gasteiger partial charge in [0.2, 0.25) is 5.28 Å². The fourth-order valence-corrected chi connectivity index (χ4v) is 2.00. The lowest BCUT2D eigenvalue weighted by Crippen LogP contribution is -2.43. The second kappa shape index (κ2) is 4.55. The summed E-state index contributed by atoms with van der Waals surface area (Å²) in [6, 6.07) is 0. The monoisotopic (exact) mass is 241 g/mol. The van der Waals surface area contributed by atoms with E-state index >= 15 is 0 Å². The van der Waals surface area contributed by atoms with E-state index < -0.39 is 0 Å². The lowest BCUT2D eigenvalue weighted by atomic mass is 9.95. The molecule has 1 N–H and O–H groups in total. The van der Waals surface area contributed by atoms with Crippen LogP contribution in [-0.4, -0.2) is 28.7 Å². The van der Waals surface area contributed by atoms with Crippen molar-refractivity contribution in [2.75, 3.05) is 18.5 Å². The van der Waals surface area contributed by atoms with Crippen LogP contribution in [-0.2, 0) is 4.74 Å². The molecule has 0 amide bonds. The summed E-state index contributed by atoms with van der Waals surface area (Å²) in [6.45, 7) is 5.65. The number of hydrogen-bond donors (Lipinski definition) is 1. The minimum Gasteiger partial charge on any atom is -0.379 e. The first-order valence-corrected chi connectivity index (χ1v) is 5.82. The smallest absolute Gasteiger partial charge is 0.224 e. The number of nitrogens with one attached hydrogen (secondary N) is 1. The molecule has 1 aliphatic rings. The van der Waals surface area contributed by atoms with Crippen molar-refractivity contribution < 1.29 is 4.74 Å². The number of ether oxygens (including phenoxy) is 1. The zero-order chi connectivity index (χ0) is 11.6. The molecule has 5 heteroatoms. The van der Waals surface area contributed by atoms with Crippen LogP contribution in [0.15, 0.2) is 6.20 Å². The maximum Gasteiger partial charge on any atom is 0.224 e. The largest absolute Gasteiger partial charge is 0.379 e. The third-order valence-corrected chi connectivity index (χ3v) is 2.98. The van der Waals surface area contributed by atoms with Crippen LogP contribution in [0.2, 0.25) is 5.28 Å². The Bertz CT molecular complexity index is 377. The number of aromatic nitrogens is 2. The van der Waals surface area contributed by atoms with Crippen LogP contribution in [0.3, 0.4) is 0 Å². The van der Waals surface area contributed by atoms with Crippen molar-refractivity contribution in [2.45, 2.75) is 32.2 Å². The average Bonchev–Trinajstić information content (AvgIpc) is 2.24. The molecule has 0 aromatic carbocycles. The van der Waals surface area contributed by atoms with Gasteiger partial charge in [-0.1, -0.05) is 0 Å². The van der Waals surface area contributed by atoms with Crippen molar-refractivity contribution in [3.05, 3.63) is 17.0 Å². The van der Waals surface area contributed by atoms with Gasteiger partial charge < -0.3 is 10.1 Å². The molecule has 88 valence electrons. The zero-order valence-electron chi connectivity index (χ0n) is 9.59. The third kappa shape index (κ3) is 2.62. The molecule has 16 heavy (non-hydrogen) atoms. The number of aryl methyl sites for hydroxylation is 1. The topological polar surface area (TPSA) is 47.0 Å². The van der Waals surface area contributed by atoms with Gasteiger partial charge in [-0.2, -0.15) is 0 Å². The summed E-state index contributed by atoms with van der Waals surface area (Å²) in [6.07, 6.45) is 3.88. The molecule has 0 spiro atoms. The average molecular weight is 242 g/mol. The highest BCUT2D eigenvalue weighted by atomic mass is 35.5. The van der Waals surface area contributed by atoms with Crippen LogP contribution < -0.4 is 5.32 Å². The molecule has 1 atom stereocenters. The van der Waals surface area contributed by atoms with Crippen LogP contribution in [0.25, 0.3) is 0 Å². The number of hydrogen-bond acceptors (Lipinski definition) is 4. The van der Waals surface area contributed by atoms with Crippen molar-refractivity contribution >= 4 is 17.4 Å². The maximum atomic E-state index is 5.79. The standard InChI is InChI=1S/C11H16ClN3O/c1-8-6-13-10(12)14-9(8)15-11(2)4-3-5-16-7-11/h6H,3-5,7H2,1-2H3,(H,13,14,15). The maximum absolute atomic E-state index is 5.79. The second-order valence-corrected chi connectivity index (χ2v) is 4.85. The predicted octanol–water partition coefficient (Wildman–Crippen LogP) is 2.42. The van der Waals surface area contributed by atoms with Crippen molar-refractivity contribution in [3.63, 3.8) is 0 Å². The highest BCUT2D eigenvalue weighted by Crippen LogP contribution is 2.25. The summed E-state index contributed by atoms with van der Waals surface area (Å²) in [7, 11) is 0. The fraction of sp³-hybridized carbons (Fsp3) is 0.636. The molecular formula is C11H16ClN3O. The van der Waals surface area contributed by atoms with E-state index in [1.807, 2.05) is 6.92 Å². The molecular weight excluding hydrogens is 226 g/mol. The Kier molecular flexibility index (Phi) is 3.30. The van der Waals surface area contributed by atoms with Gasteiger partial charge in [0.25, 0.3) is 0 Å². The van der Waals surface area contributed by atoms with Crippen molar-refractivity contribution in [1.29, 1.82) is 0 Å². The van der Waals surface area contributed by atoms with Crippen LogP contribution in [0, 0.1) is 6.92 Å². The molecule has 2 heterocycles. The summed E-state index contributed by atoms with van der Waals surface area (Å²) in [4.78, 5) is 8.14. The van der Waals surface area contributed by atoms with Gasteiger partial charge in [-0.05, 0) is 38.3 Å². The van der Waals surface area contributed by atoms with Gasteiger partial charge in [-0.25, -0.2) is 9.97 Å². The van der Waals surface area contributed by atoms with Crippen LogP contribution >= 0.6 is 11.6 Å². The van der Waals surface area contributed by atoms with E-state index in [-0.39, 0.29) is 10.8 Å². The Morgan fingerprint density at radius 3 is 3.06 bits per heavy atom. The molecule has 2 rings (SSSR count). The fourth-order valence-electron chi connectivity index (χ4n) is 1.87. The molecule has 1 aromatic heterocycles. The quantitative estimate of drug-likeness (QED) is 0.808. The minimum atomic E-state index is -0.0549. The molecule has 1 unspecified atom stereocenters. The lowest BCUT2D eigenvalue weighted by Gasteiger charge is -2.35. The second-order valence-electron chi connectivity index (χ2n) is 4.51. The number of rotatable bonds is 2. The Labute approximate surface area is 100 Å². The van der Waals surface area contributed by atoms with E-state index in [0.29, 0.717) is 6.61 Å². The summed E-state index contributed by atoms with van der Waals surface area (Å²) in [5.74, 6) is 0.799. The van der Waals surface area contributed by atoms with Gasteiger partial charge in [-0.15, -0.1) is 0 Å². The van der Waals surface area contributed by atoms with E-state index in [9.17, 15) is 0 Å². The lowest BCUT2D eigenvalue weighted by molar-refractivity contribution is 0.0538. The van der Waals surface area contributed by atoms with Gasteiger partial charge in [-0.3, -0.25) is 0 Å².